The van der Waals surface area contributed by atoms with Crippen LogP contribution < -0.4 is 10.0 Å². The van der Waals surface area contributed by atoms with Crippen LogP contribution in [0, 0.1) is 34.5 Å². The molecule has 6 unspecified atom stereocenters. The van der Waals surface area contributed by atoms with E-state index in [0.717, 1.165) is 18.9 Å². The van der Waals surface area contributed by atoms with Gasteiger partial charge in [-0.1, -0.05) is 17.7 Å². The number of fused-ring (bicyclic) bond motifs is 1. The second kappa shape index (κ2) is 7.77. The van der Waals surface area contributed by atoms with E-state index < -0.39 is 28.8 Å². The summed E-state index contributed by atoms with van der Waals surface area (Å²) in [6.45, 7) is 0.0830. The normalized spacial score (nSPS) is 32.3. The maximum absolute atomic E-state index is 13.7. The minimum atomic E-state index is -1.73. The van der Waals surface area contributed by atoms with Crippen molar-refractivity contribution in [2.24, 2.45) is 17.3 Å². The molecule has 0 aromatic carbocycles. The molecule has 2 aromatic heterocycles. The van der Waals surface area contributed by atoms with E-state index >= 15 is 0 Å². The van der Waals surface area contributed by atoms with Gasteiger partial charge in [-0.25, -0.2) is 4.98 Å². The molecule has 9 nitrogen and oxygen atoms in total. The highest BCUT2D eigenvalue weighted by Crippen LogP contribution is 2.78. The molecule has 4 aliphatic rings. The fourth-order valence-electron chi connectivity index (χ4n) is 6.70. The molecule has 3 aliphatic carbocycles. The average molecular weight is 518 g/mol. The standard InChI is InChI=1S/C23H21ClFN5O4S/c24-17-19(21(32)28-11-6-12(9-26)27-16(25)7-11)30-5-1-2-15(30)20(17)35(34)29-18-13-3-4-23(13)14(18)8-22(23,33)10-31/h1-2,6-7,13-14,18,29,31,33H,3-5,8,10H2,(H,27,28,32). The monoisotopic (exact) mass is 517 g/mol. The largest absolute Gasteiger partial charge is 0.593 e. The highest BCUT2D eigenvalue weighted by atomic mass is 35.5. The predicted molar refractivity (Wildman–Crippen MR) is 124 cm³/mol. The molecule has 1 aliphatic heterocycles. The van der Waals surface area contributed by atoms with Crippen molar-refractivity contribution in [3.8, 4) is 6.07 Å². The summed E-state index contributed by atoms with van der Waals surface area (Å²) >= 11 is 4.87. The number of amides is 1. The number of nitrogens with zero attached hydrogens (tertiary/aromatic N) is 3. The molecule has 3 fully saturated rings. The van der Waals surface area contributed by atoms with Crippen LogP contribution in [0.3, 0.4) is 0 Å². The van der Waals surface area contributed by atoms with Crippen LogP contribution in [-0.4, -0.2) is 48.5 Å². The quantitative estimate of drug-likeness (QED) is 0.338. The predicted octanol–water partition coefficient (Wildman–Crippen LogP) is 1.96. The van der Waals surface area contributed by atoms with Crippen LogP contribution in [0.5, 0.6) is 0 Å². The van der Waals surface area contributed by atoms with E-state index in [1.807, 2.05) is 6.08 Å². The van der Waals surface area contributed by atoms with E-state index in [0.29, 0.717) is 18.7 Å². The Labute approximate surface area is 207 Å². The molecular weight excluding hydrogens is 497 g/mol. The van der Waals surface area contributed by atoms with Gasteiger partial charge in [0.1, 0.15) is 28.2 Å². The van der Waals surface area contributed by atoms with Gasteiger partial charge in [-0.3, -0.25) is 4.79 Å². The molecule has 6 atom stereocenters. The van der Waals surface area contributed by atoms with E-state index in [9.17, 15) is 24.0 Å². The summed E-state index contributed by atoms with van der Waals surface area (Å²) in [4.78, 5) is 16.8. The highest BCUT2D eigenvalue weighted by Gasteiger charge is 2.82. The summed E-state index contributed by atoms with van der Waals surface area (Å²) in [5, 5.41) is 31.9. The maximum atomic E-state index is 13.7. The van der Waals surface area contributed by atoms with Gasteiger partial charge < -0.3 is 24.6 Å². The van der Waals surface area contributed by atoms with E-state index in [-0.39, 0.29) is 56.9 Å². The lowest BCUT2D eigenvalue weighted by molar-refractivity contribution is -0.365. The minimum absolute atomic E-state index is 0.0300. The number of carbonyl (C=O) groups excluding carboxylic acids is 1. The molecular formula is C23H21ClFN5O4S. The number of allylic oxidation sites excluding steroid dienone is 1. The van der Waals surface area contributed by atoms with Gasteiger partial charge in [0.2, 0.25) is 10.8 Å². The first-order valence-electron chi connectivity index (χ1n) is 11.2. The van der Waals surface area contributed by atoms with Crippen molar-refractivity contribution >= 4 is 40.6 Å². The van der Waals surface area contributed by atoms with Gasteiger partial charge in [0.05, 0.1) is 29.6 Å². The Morgan fingerprint density at radius 1 is 1.46 bits per heavy atom. The average Bonchev–Trinajstić information content (AvgIpc) is 3.34. The lowest BCUT2D eigenvalue weighted by Crippen LogP contribution is -2.86. The fraction of sp³-hybridized carbons (Fsp3) is 0.435. The number of rotatable bonds is 6. The van der Waals surface area contributed by atoms with E-state index in [1.165, 1.54) is 6.07 Å². The molecule has 1 spiro atoms. The van der Waals surface area contributed by atoms with Crippen LogP contribution in [0.2, 0.25) is 5.02 Å². The first-order chi connectivity index (χ1) is 16.7. The van der Waals surface area contributed by atoms with Gasteiger partial charge in [0, 0.05) is 23.7 Å². The zero-order valence-corrected chi connectivity index (χ0v) is 19.9. The highest BCUT2D eigenvalue weighted by molar-refractivity contribution is 7.89. The molecule has 6 rings (SSSR count). The molecule has 12 heteroatoms. The molecule has 1 amide bonds. The van der Waals surface area contributed by atoms with Gasteiger partial charge in [0.25, 0.3) is 5.91 Å². The van der Waals surface area contributed by atoms with Gasteiger partial charge in [-0.05, 0) is 43.2 Å². The fourth-order valence-corrected chi connectivity index (χ4v) is 8.52. The molecule has 4 N–H and O–H groups in total. The minimum Gasteiger partial charge on any atom is -0.593 e. The topological polar surface area (TPSA) is 146 Å². The molecule has 35 heavy (non-hydrogen) atoms. The Balaban J connectivity index is 1.25. The van der Waals surface area contributed by atoms with Crippen LogP contribution in [0.15, 0.2) is 23.1 Å². The molecule has 0 radical (unpaired) electrons. The van der Waals surface area contributed by atoms with Crippen LogP contribution >= 0.6 is 11.6 Å². The van der Waals surface area contributed by atoms with Gasteiger partial charge in [-0.15, -0.1) is 4.72 Å². The van der Waals surface area contributed by atoms with Crippen molar-refractivity contribution in [1.82, 2.24) is 14.3 Å². The number of pyridine rings is 1. The third kappa shape index (κ3) is 2.95. The van der Waals surface area contributed by atoms with Crippen molar-refractivity contribution in [2.75, 3.05) is 11.9 Å². The van der Waals surface area contributed by atoms with Crippen LogP contribution in [-0.2, 0) is 17.9 Å². The lowest BCUT2D eigenvalue weighted by Gasteiger charge is -2.80. The summed E-state index contributed by atoms with van der Waals surface area (Å²) in [6.07, 6.45) is 5.76. The number of aromatic nitrogens is 2. The molecule has 182 valence electrons. The van der Waals surface area contributed by atoms with Gasteiger partial charge >= 0.3 is 0 Å². The summed E-state index contributed by atoms with van der Waals surface area (Å²) < 4.78 is 32.0. The van der Waals surface area contributed by atoms with Gasteiger partial charge in [-0.2, -0.15) is 9.65 Å². The van der Waals surface area contributed by atoms with E-state index in [1.54, 1.807) is 16.7 Å². The van der Waals surface area contributed by atoms with Crippen molar-refractivity contribution in [2.45, 2.75) is 42.3 Å². The Morgan fingerprint density at radius 2 is 2.26 bits per heavy atom. The number of anilines is 1. The summed E-state index contributed by atoms with van der Waals surface area (Å²) in [7, 11) is 0. The zero-order valence-electron chi connectivity index (χ0n) is 18.3. The number of aliphatic hydroxyl groups excluding tert-OH is 1. The number of nitrogens with one attached hydrogen (secondary N) is 2. The van der Waals surface area contributed by atoms with E-state index in [4.69, 9.17) is 16.9 Å². The zero-order chi connectivity index (χ0) is 24.7. The molecule has 3 heterocycles. The molecule has 0 bridgehead atoms. The Hall–Kier alpha value is -2.46. The van der Waals surface area contributed by atoms with Gasteiger partial charge in [0.15, 0.2) is 0 Å². The summed E-state index contributed by atoms with van der Waals surface area (Å²) in [5.74, 6) is -1.28. The molecule has 3 saturated carbocycles. The SMILES string of the molecule is N#Cc1cc(NC(=O)c2c(Cl)c([S+]([O-])NC3C4CCC45C3CC5(O)CO)c3n2CC=C3)cc(F)n1. The number of carbonyl (C=O) groups is 1. The van der Waals surface area contributed by atoms with Crippen LogP contribution in [0.25, 0.3) is 6.08 Å². The Morgan fingerprint density at radius 3 is 2.91 bits per heavy atom. The third-order valence-corrected chi connectivity index (χ3v) is 10.1. The lowest BCUT2D eigenvalue weighted by atomic mass is 9.26. The second-order valence-electron chi connectivity index (χ2n) is 9.62. The van der Waals surface area contributed by atoms with Crippen molar-refractivity contribution in [1.29, 1.82) is 5.26 Å². The first-order valence-corrected chi connectivity index (χ1v) is 12.8. The van der Waals surface area contributed by atoms with E-state index in [2.05, 4.69) is 15.0 Å². The third-order valence-electron chi connectivity index (χ3n) is 8.32. The van der Waals surface area contributed by atoms with Crippen molar-refractivity contribution in [3.05, 3.63) is 46.3 Å². The molecule has 2 aromatic rings. The summed E-state index contributed by atoms with van der Waals surface area (Å²) in [5.41, 5.74) is -0.850. The first kappa shape index (κ1) is 23.0. The van der Waals surface area contributed by atoms with Crippen molar-refractivity contribution in [3.63, 3.8) is 0 Å². The Kier molecular flexibility index (Phi) is 5.10. The second-order valence-corrected chi connectivity index (χ2v) is 11.2. The smallest absolute Gasteiger partial charge is 0.274 e. The number of aliphatic hydroxyl groups is 2. The number of hydrogen-bond acceptors (Lipinski definition) is 7. The number of hydrogen-bond donors (Lipinski definition) is 4. The molecule has 0 saturated heterocycles. The number of nitriles is 1. The number of halogens is 2. The Bertz CT molecular complexity index is 1340. The van der Waals surface area contributed by atoms with Crippen LogP contribution in [0.4, 0.5) is 10.1 Å². The summed E-state index contributed by atoms with van der Waals surface area (Å²) in [6, 6.07) is 3.90. The maximum Gasteiger partial charge on any atom is 0.274 e. The van der Waals surface area contributed by atoms with Crippen molar-refractivity contribution < 1.29 is 24.0 Å². The van der Waals surface area contributed by atoms with Crippen LogP contribution in [0.1, 0.15) is 41.1 Å².